The van der Waals surface area contributed by atoms with E-state index in [1.807, 2.05) is 6.92 Å². The Labute approximate surface area is 75.0 Å². The molecule has 0 aliphatic carbocycles. The molecule has 0 aliphatic rings. The van der Waals surface area contributed by atoms with Crippen LogP contribution < -0.4 is 0 Å². The van der Waals surface area contributed by atoms with Crippen LogP contribution in [-0.4, -0.2) is 21.3 Å². The summed E-state index contributed by atoms with van der Waals surface area (Å²) in [5.41, 5.74) is 0. The van der Waals surface area contributed by atoms with Crippen molar-refractivity contribution in [2.75, 3.05) is 12.9 Å². The Morgan fingerprint density at radius 2 is 1.69 bits per heavy atom. The Kier molecular flexibility index (Phi) is 14.9. The van der Waals surface area contributed by atoms with Gasteiger partial charge in [0.1, 0.15) is 0 Å². The normalized spacial score (nSPS) is 9.54. The Bertz CT molecular complexity index is 167. The monoisotopic (exact) mass is 463 g/mol. The van der Waals surface area contributed by atoms with Crippen molar-refractivity contribution in [2.24, 2.45) is 0 Å². The number of rotatable bonds is 4. The van der Waals surface area contributed by atoms with Gasteiger partial charge >= 0.3 is 0 Å². The summed E-state index contributed by atoms with van der Waals surface area (Å²) in [4.78, 5) is 0. The van der Waals surface area contributed by atoms with Crippen molar-refractivity contribution in [3.05, 3.63) is 14.2 Å². The number of methoxy groups -OCH3 is 1. The molecule has 0 heterocycles. The third kappa shape index (κ3) is 18.1. The average molecular weight is 463 g/mol. The molecule has 0 unspecified atom stereocenters. The molecule has 0 rings (SSSR count). The first-order valence-corrected chi connectivity index (χ1v) is 5.06. The number of hydrogen-bond acceptors (Lipinski definition) is 4. The maximum Gasteiger partial charge on any atom is 0.237 e. The molecule has 0 saturated carbocycles. The van der Waals surface area contributed by atoms with Gasteiger partial charge in [-0.15, -0.1) is 0 Å². The third-order valence-electron chi connectivity index (χ3n) is 0.927. The summed E-state index contributed by atoms with van der Waals surface area (Å²) < 4.78 is 28.9. The van der Waals surface area contributed by atoms with Crippen LogP contribution in [0.2, 0.25) is 0 Å². The fourth-order valence-corrected chi connectivity index (χ4v) is 1.14. The van der Waals surface area contributed by atoms with Crippen molar-refractivity contribution in [2.45, 2.75) is 19.8 Å². The summed E-state index contributed by atoms with van der Waals surface area (Å²) >= 11 is 0. The van der Waals surface area contributed by atoms with Crippen LogP contribution >= 0.6 is 0 Å². The van der Waals surface area contributed by atoms with Crippen LogP contribution in [0.25, 0.3) is 0 Å². The maximum absolute atomic E-state index is 10.5. The minimum atomic E-state index is -3.29. The van der Waals surface area contributed by atoms with Gasteiger partial charge in [0.2, 0.25) is 10.1 Å². The molecule has 0 aliphatic heterocycles. The maximum atomic E-state index is 10.5. The van der Waals surface area contributed by atoms with Crippen LogP contribution in [0.1, 0.15) is 19.8 Å². The largest absolute Gasteiger partial charge is 0.557 e. The average Bonchev–Trinajstić information content (AvgIpc) is 2.03. The van der Waals surface area contributed by atoms with Crippen LogP contribution in [0, 0.1) is 14.2 Å². The van der Waals surface area contributed by atoms with Gasteiger partial charge in [-0.3, -0.25) is 0 Å². The molecule has 0 radical (unpaired) electrons. The molecule has 78 valence electrons. The van der Waals surface area contributed by atoms with Gasteiger partial charge in [-0.25, -0.2) is 22.6 Å². The van der Waals surface area contributed by atoms with Crippen LogP contribution in [0.4, 0.5) is 0 Å². The van der Waals surface area contributed by atoms with E-state index in [1.54, 1.807) is 0 Å². The van der Waals surface area contributed by atoms with E-state index in [4.69, 9.17) is 0 Å². The smallest absolute Gasteiger partial charge is 0.237 e. The van der Waals surface area contributed by atoms with Gasteiger partial charge in [-0.1, -0.05) is 13.3 Å². The molecule has 0 atom stereocenters. The van der Waals surface area contributed by atoms with Gasteiger partial charge in [0, 0.05) is 0 Å². The Morgan fingerprint density at radius 3 is 1.92 bits per heavy atom. The van der Waals surface area contributed by atoms with E-state index in [1.165, 1.54) is 7.11 Å². The van der Waals surface area contributed by atoms with Crippen LogP contribution in [0.15, 0.2) is 0 Å². The van der Waals surface area contributed by atoms with Gasteiger partial charge in [0.05, 0.1) is 5.75 Å². The molecule has 0 spiro atoms. The zero-order valence-electron chi connectivity index (χ0n) is 8.28. The molecule has 0 fully saturated rings. The Morgan fingerprint density at radius 1 is 1.31 bits per heavy atom. The predicted molar refractivity (Wildman–Crippen MR) is 47.5 cm³/mol. The van der Waals surface area contributed by atoms with E-state index in [0.29, 0.717) is 6.42 Å². The first-order chi connectivity index (χ1) is 5.54. The fourth-order valence-electron chi connectivity index (χ4n) is 0.380. The quantitative estimate of drug-likeness (QED) is 0.467. The standard InChI is InChI=1S/C5H11O3S.C2H5O.Rf/c1-3-4-5-9(6,7)8-2;1-3-2;/h2-5H2,1H3;1H2,2H3;/q2*-1;. The zero-order valence-corrected chi connectivity index (χ0v) is 15.5. The summed E-state index contributed by atoms with van der Waals surface area (Å²) in [6, 6.07) is 0. The second-order valence-corrected chi connectivity index (χ2v) is 3.78. The van der Waals surface area contributed by atoms with Gasteiger partial charge in [0.15, 0.2) is 0 Å². The van der Waals surface area contributed by atoms with Crippen molar-refractivity contribution < 1.29 is 17.3 Å². The Balaban J connectivity index is -0.000000220. The summed E-state index contributed by atoms with van der Waals surface area (Å²) in [6.07, 6.45) is 1.49. The third-order valence-corrected chi connectivity index (χ3v) is 2.08. The molecule has 0 saturated heterocycles. The van der Waals surface area contributed by atoms with E-state index in [9.17, 15) is 8.42 Å². The summed E-state index contributed by atoms with van der Waals surface area (Å²) in [7, 11) is 4.03. The molecule has 4 nitrogen and oxygen atoms in total. The number of hydrogen-bond donors (Lipinski definition) is 0. The Hall–Kier alpha value is -1.13. The fraction of sp³-hybridized carbons (Fsp3) is 0.714. The van der Waals surface area contributed by atoms with E-state index in [2.05, 4.69) is 23.1 Å². The molecule has 13 heavy (non-hydrogen) atoms. The van der Waals surface area contributed by atoms with Crippen molar-refractivity contribution >= 4 is 10.1 Å². The zero-order chi connectivity index (χ0) is 10.0. The minimum absolute atomic E-state index is 0. The molecule has 0 N–H and O–H groups in total. The summed E-state index contributed by atoms with van der Waals surface area (Å²) in [5, 5.41) is 0. The van der Waals surface area contributed by atoms with Crippen molar-refractivity contribution in [1.82, 2.24) is 0 Å². The summed E-state index contributed by atoms with van der Waals surface area (Å²) in [6.45, 7) is 1.92. The minimum Gasteiger partial charge on any atom is -0.557 e. The SMILES string of the molecule is [CH2-]OC.[CH2-]OS(=O)(=O)CCCC.[Rf]. The van der Waals surface area contributed by atoms with Crippen molar-refractivity contribution in [1.29, 1.82) is 0 Å². The van der Waals surface area contributed by atoms with Gasteiger partial charge in [0.25, 0.3) is 0 Å². The molecule has 0 aromatic rings. The molecular formula is C7H16O4RfS-2. The van der Waals surface area contributed by atoms with E-state index >= 15 is 0 Å². The second kappa shape index (κ2) is 10.9. The molecule has 6 heteroatoms. The van der Waals surface area contributed by atoms with Crippen LogP contribution in [0.3, 0.4) is 0 Å². The van der Waals surface area contributed by atoms with E-state index in [0.717, 1.165) is 6.42 Å². The number of unbranched alkanes of at least 4 members (excludes halogenated alkanes) is 1. The van der Waals surface area contributed by atoms with Gasteiger partial charge < -0.3 is 8.92 Å². The van der Waals surface area contributed by atoms with Crippen molar-refractivity contribution in [3.63, 3.8) is 0 Å². The molecular weight excluding hydrogens is 447 g/mol. The molecule has 0 aromatic carbocycles. The first-order valence-electron chi connectivity index (χ1n) is 3.48. The second-order valence-electron chi connectivity index (χ2n) is 2.02. The molecule has 0 bridgehead atoms. The van der Waals surface area contributed by atoms with E-state index < -0.39 is 10.1 Å². The topological polar surface area (TPSA) is 52.6 Å². The number of ether oxygens (including phenoxy) is 1. The van der Waals surface area contributed by atoms with Crippen LogP contribution in [-0.2, 0) is 19.0 Å². The van der Waals surface area contributed by atoms with Crippen molar-refractivity contribution in [3.8, 4) is 0 Å². The molecule has 0 aromatic heterocycles. The first kappa shape index (κ1) is 17.8. The van der Waals surface area contributed by atoms with Gasteiger partial charge in [-0.05, 0) is 13.5 Å². The van der Waals surface area contributed by atoms with E-state index in [-0.39, 0.29) is 5.75 Å². The summed E-state index contributed by atoms with van der Waals surface area (Å²) in [5.74, 6) is 0.0764. The molecule has 0 amide bonds. The predicted octanol–water partition coefficient (Wildman–Crippen LogP) is 1.35. The van der Waals surface area contributed by atoms with Crippen LogP contribution in [0.5, 0.6) is 0 Å². The van der Waals surface area contributed by atoms with Gasteiger partial charge in [-0.2, -0.15) is 0 Å².